The van der Waals surface area contributed by atoms with Crippen LogP contribution in [0.15, 0.2) is 54.6 Å². The molecule has 0 aliphatic carbocycles. The van der Waals surface area contributed by atoms with Gasteiger partial charge in [-0.1, -0.05) is 87.9 Å². The molecule has 0 heterocycles. The molecular weight excluding hydrogens is 642 g/mol. The van der Waals surface area contributed by atoms with E-state index in [1.54, 1.807) is 0 Å². The van der Waals surface area contributed by atoms with Gasteiger partial charge in [0.1, 0.15) is 19.0 Å². The molecule has 0 unspecified atom stereocenters. The highest BCUT2D eigenvalue weighted by molar-refractivity contribution is 5.67. The predicted octanol–water partition coefficient (Wildman–Crippen LogP) is 6.40. The van der Waals surface area contributed by atoms with Crippen LogP contribution >= 0.6 is 0 Å². The number of amides is 1. The minimum Gasteiger partial charge on any atom is -0.491 e. The Morgan fingerprint density at radius 3 is 1.48 bits per heavy atom. The van der Waals surface area contributed by atoms with Gasteiger partial charge in [-0.25, -0.2) is 4.79 Å². The normalized spacial score (nSPS) is 11.1. The van der Waals surface area contributed by atoms with Gasteiger partial charge in [0, 0.05) is 6.54 Å². The monoisotopic (exact) mass is 705 g/mol. The van der Waals surface area contributed by atoms with E-state index in [0.717, 1.165) is 17.7 Å². The summed E-state index contributed by atoms with van der Waals surface area (Å²) in [6.45, 7) is 10.2. The minimum absolute atomic E-state index is 0.241. The fraction of sp³-hybridized carbons (Fsp3) is 0.667. The molecule has 0 fully saturated rings. The van der Waals surface area contributed by atoms with Crippen molar-refractivity contribution < 1.29 is 47.4 Å². The van der Waals surface area contributed by atoms with Crippen molar-refractivity contribution in [3.8, 4) is 5.75 Å². The molecule has 0 aromatic heterocycles. The van der Waals surface area contributed by atoms with Crippen LogP contribution in [-0.2, 0) is 50.9 Å². The summed E-state index contributed by atoms with van der Waals surface area (Å²) in [5.41, 5.74) is 2.32. The van der Waals surface area contributed by atoms with Gasteiger partial charge in [0.2, 0.25) is 0 Å². The van der Waals surface area contributed by atoms with Crippen LogP contribution in [0.1, 0.15) is 63.0 Å². The molecule has 11 nitrogen and oxygen atoms in total. The molecule has 2 aromatic carbocycles. The Bertz CT molecular complexity index is 1010. The van der Waals surface area contributed by atoms with E-state index in [2.05, 4.69) is 36.5 Å². The molecular formula is C39H63NO10. The molecule has 0 atom stereocenters. The second-order valence-corrected chi connectivity index (χ2v) is 11.6. The summed E-state index contributed by atoms with van der Waals surface area (Å²) in [7, 11) is 0. The third-order valence-electron chi connectivity index (χ3n) is 7.45. The summed E-state index contributed by atoms with van der Waals surface area (Å²) in [6.07, 6.45) is 10.0. The third-order valence-corrected chi connectivity index (χ3v) is 7.45. The van der Waals surface area contributed by atoms with Crippen molar-refractivity contribution >= 4 is 6.09 Å². The second-order valence-electron chi connectivity index (χ2n) is 11.6. The molecule has 1 N–H and O–H groups in total. The lowest BCUT2D eigenvalue weighted by atomic mass is 10.0. The van der Waals surface area contributed by atoms with Crippen LogP contribution in [0.4, 0.5) is 4.79 Å². The molecule has 0 bridgehead atoms. The van der Waals surface area contributed by atoms with Crippen molar-refractivity contribution in [1.82, 2.24) is 5.32 Å². The SMILES string of the molecule is CCCCCCCCCc1ccc(OCCOCCOCCOCCOCCOCCOCCOCCNC(=O)OCc2ccccc2)cc1. The second kappa shape index (κ2) is 33.4. The van der Waals surface area contributed by atoms with Gasteiger partial charge >= 0.3 is 6.09 Å². The zero-order chi connectivity index (χ0) is 35.4. The number of unbranched alkanes of at least 4 members (excludes halogenated alkanes) is 6. The molecule has 0 radical (unpaired) electrons. The van der Waals surface area contributed by atoms with Gasteiger partial charge < -0.3 is 47.9 Å². The van der Waals surface area contributed by atoms with E-state index < -0.39 is 6.09 Å². The van der Waals surface area contributed by atoms with Gasteiger partial charge in [0.25, 0.3) is 0 Å². The van der Waals surface area contributed by atoms with Crippen LogP contribution in [0.3, 0.4) is 0 Å². The molecule has 11 heteroatoms. The van der Waals surface area contributed by atoms with Gasteiger partial charge in [-0.3, -0.25) is 0 Å². The number of hydrogen-bond acceptors (Lipinski definition) is 10. The molecule has 1 amide bonds. The number of ether oxygens (including phenoxy) is 9. The fourth-order valence-corrected chi connectivity index (χ4v) is 4.68. The number of aryl methyl sites for hydroxylation is 1. The Kier molecular flexibility index (Phi) is 29.0. The first-order valence-electron chi connectivity index (χ1n) is 18.5. The molecule has 0 saturated carbocycles. The Hall–Kier alpha value is -2.77. The van der Waals surface area contributed by atoms with Crippen LogP contribution in [0.25, 0.3) is 0 Å². The summed E-state index contributed by atoms with van der Waals surface area (Å²) in [5.74, 6) is 0.883. The van der Waals surface area contributed by atoms with Crippen molar-refractivity contribution in [3.63, 3.8) is 0 Å². The summed E-state index contributed by atoms with van der Waals surface area (Å²) >= 11 is 0. The zero-order valence-corrected chi connectivity index (χ0v) is 30.5. The Morgan fingerprint density at radius 2 is 0.960 bits per heavy atom. The van der Waals surface area contributed by atoms with Crippen molar-refractivity contribution in [2.24, 2.45) is 0 Å². The van der Waals surface area contributed by atoms with Crippen molar-refractivity contribution in [2.75, 3.05) is 106 Å². The fourth-order valence-electron chi connectivity index (χ4n) is 4.68. The van der Waals surface area contributed by atoms with Gasteiger partial charge in [-0.2, -0.15) is 0 Å². The first-order chi connectivity index (χ1) is 24.8. The first-order valence-corrected chi connectivity index (χ1v) is 18.5. The van der Waals surface area contributed by atoms with E-state index >= 15 is 0 Å². The van der Waals surface area contributed by atoms with E-state index in [4.69, 9.17) is 42.6 Å². The van der Waals surface area contributed by atoms with Crippen LogP contribution < -0.4 is 10.1 Å². The molecule has 284 valence electrons. The highest BCUT2D eigenvalue weighted by Crippen LogP contribution is 2.15. The molecule has 2 rings (SSSR count). The molecule has 0 saturated heterocycles. The van der Waals surface area contributed by atoms with Crippen LogP contribution in [0.5, 0.6) is 5.75 Å². The molecule has 0 spiro atoms. The lowest BCUT2D eigenvalue weighted by Crippen LogP contribution is -2.28. The lowest BCUT2D eigenvalue weighted by molar-refractivity contribution is -0.0211. The van der Waals surface area contributed by atoms with E-state index in [1.807, 2.05) is 30.3 Å². The number of hydrogen-bond donors (Lipinski definition) is 1. The van der Waals surface area contributed by atoms with Crippen LogP contribution in [-0.4, -0.2) is 112 Å². The summed E-state index contributed by atoms with van der Waals surface area (Å²) in [4.78, 5) is 11.7. The standard InChI is InChI=1S/C39H63NO10/c1-2-3-4-5-6-7-9-12-36-15-17-38(18-16-36)49-34-33-48-32-31-47-30-29-46-28-27-45-26-25-44-24-23-43-22-21-42-20-19-40-39(41)50-35-37-13-10-8-11-14-37/h8,10-11,13-18H,2-7,9,12,19-35H2,1H3,(H,40,41). The molecule has 0 aliphatic rings. The van der Waals surface area contributed by atoms with Crippen molar-refractivity contribution in [3.05, 3.63) is 65.7 Å². The van der Waals surface area contributed by atoms with Gasteiger partial charge in [-0.05, 0) is 36.1 Å². The minimum atomic E-state index is -0.465. The quantitative estimate of drug-likeness (QED) is 0.0809. The summed E-state index contributed by atoms with van der Waals surface area (Å²) in [6, 6.07) is 18.0. The van der Waals surface area contributed by atoms with Gasteiger partial charge in [0.05, 0.1) is 92.5 Å². The number of benzene rings is 2. The first kappa shape index (κ1) is 43.4. The van der Waals surface area contributed by atoms with E-state index in [9.17, 15) is 4.79 Å². The molecule has 50 heavy (non-hydrogen) atoms. The van der Waals surface area contributed by atoms with Crippen molar-refractivity contribution in [2.45, 2.75) is 64.9 Å². The maximum Gasteiger partial charge on any atom is 0.407 e. The largest absolute Gasteiger partial charge is 0.491 e. The number of alkyl carbamates (subject to hydrolysis) is 1. The Morgan fingerprint density at radius 1 is 0.500 bits per heavy atom. The average molecular weight is 706 g/mol. The number of rotatable bonds is 35. The van der Waals surface area contributed by atoms with E-state index in [-0.39, 0.29) is 6.61 Å². The average Bonchev–Trinajstić information content (AvgIpc) is 3.14. The Labute approximate surface area is 300 Å². The molecule has 0 aliphatic heterocycles. The summed E-state index contributed by atoms with van der Waals surface area (Å²) < 4.78 is 49.4. The molecule has 2 aromatic rings. The number of carbonyl (C=O) groups excluding carboxylic acids is 1. The topological polar surface area (TPSA) is 112 Å². The maximum atomic E-state index is 11.7. The number of nitrogens with one attached hydrogen (secondary N) is 1. The smallest absolute Gasteiger partial charge is 0.407 e. The maximum absolute atomic E-state index is 11.7. The van der Waals surface area contributed by atoms with Gasteiger partial charge in [-0.15, -0.1) is 0 Å². The highest BCUT2D eigenvalue weighted by atomic mass is 16.6. The highest BCUT2D eigenvalue weighted by Gasteiger charge is 2.02. The lowest BCUT2D eigenvalue weighted by Gasteiger charge is -2.09. The van der Waals surface area contributed by atoms with Crippen molar-refractivity contribution in [1.29, 1.82) is 0 Å². The third kappa shape index (κ3) is 27.0. The van der Waals surface area contributed by atoms with Crippen LogP contribution in [0.2, 0.25) is 0 Å². The van der Waals surface area contributed by atoms with Crippen LogP contribution in [0, 0.1) is 0 Å². The zero-order valence-electron chi connectivity index (χ0n) is 30.5. The predicted molar refractivity (Wildman–Crippen MR) is 194 cm³/mol. The summed E-state index contributed by atoms with van der Waals surface area (Å²) in [5, 5.41) is 2.65. The van der Waals surface area contributed by atoms with E-state index in [1.165, 1.54) is 50.5 Å². The van der Waals surface area contributed by atoms with Gasteiger partial charge in [0.15, 0.2) is 0 Å². The Balaban J connectivity index is 1.21. The van der Waals surface area contributed by atoms with E-state index in [0.29, 0.717) is 106 Å². The number of carbonyl (C=O) groups is 1.